The molecule has 0 saturated carbocycles. The SMILES string of the molecule is CCNC(=NCCCc1c(C)noc1C)N1CCN(c2cnn(C)c2)C(=O)C1. The van der Waals surface area contributed by atoms with Gasteiger partial charge in [-0.3, -0.25) is 14.5 Å². The van der Waals surface area contributed by atoms with Gasteiger partial charge in [0.15, 0.2) is 5.96 Å². The summed E-state index contributed by atoms with van der Waals surface area (Å²) in [4.78, 5) is 21.2. The summed E-state index contributed by atoms with van der Waals surface area (Å²) in [6, 6.07) is 0. The Balaban J connectivity index is 1.57. The number of hydrogen-bond acceptors (Lipinski definition) is 5. The number of carbonyl (C=O) groups is 1. The maximum Gasteiger partial charge on any atom is 0.246 e. The molecule has 2 aromatic heterocycles. The molecule has 0 spiro atoms. The number of nitrogens with zero attached hydrogens (tertiary/aromatic N) is 6. The third kappa shape index (κ3) is 4.52. The summed E-state index contributed by atoms with van der Waals surface area (Å²) in [6.45, 7) is 9.05. The zero-order valence-corrected chi connectivity index (χ0v) is 17.1. The van der Waals surface area contributed by atoms with Crippen molar-refractivity contribution in [2.24, 2.45) is 12.0 Å². The summed E-state index contributed by atoms with van der Waals surface area (Å²) < 4.78 is 6.92. The predicted molar refractivity (Wildman–Crippen MR) is 107 cm³/mol. The first-order chi connectivity index (χ1) is 13.5. The van der Waals surface area contributed by atoms with Gasteiger partial charge in [0.25, 0.3) is 0 Å². The van der Waals surface area contributed by atoms with E-state index in [4.69, 9.17) is 9.52 Å². The fourth-order valence-electron chi connectivity index (χ4n) is 3.40. The van der Waals surface area contributed by atoms with Gasteiger partial charge in [0.2, 0.25) is 5.91 Å². The van der Waals surface area contributed by atoms with Crippen LogP contribution in [0.5, 0.6) is 0 Å². The minimum Gasteiger partial charge on any atom is -0.361 e. The van der Waals surface area contributed by atoms with E-state index < -0.39 is 0 Å². The molecule has 0 unspecified atom stereocenters. The van der Waals surface area contributed by atoms with Crippen molar-refractivity contribution in [3.05, 3.63) is 29.4 Å². The van der Waals surface area contributed by atoms with Crippen molar-refractivity contribution in [3.8, 4) is 0 Å². The Kier molecular flexibility index (Phi) is 6.33. The van der Waals surface area contributed by atoms with Gasteiger partial charge in [0.1, 0.15) is 12.3 Å². The first-order valence-electron chi connectivity index (χ1n) is 9.73. The highest BCUT2D eigenvalue weighted by Crippen LogP contribution is 2.16. The number of amides is 1. The Morgan fingerprint density at radius 1 is 1.36 bits per heavy atom. The Bertz CT molecular complexity index is 820. The van der Waals surface area contributed by atoms with Gasteiger partial charge in [-0.25, -0.2) is 0 Å². The van der Waals surface area contributed by atoms with Crippen molar-refractivity contribution >= 4 is 17.6 Å². The lowest BCUT2D eigenvalue weighted by atomic mass is 10.1. The molecule has 3 heterocycles. The molecule has 2 aromatic rings. The molecular weight excluding hydrogens is 358 g/mol. The smallest absolute Gasteiger partial charge is 0.246 e. The summed E-state index contributed by atoms with van der Waals surface area (Å²) in [6.07, 6.45) is 5.38. The number of aromatic nitrogens is 3. The van der Waals surface area contributed by atoms with Gasteiger partial charge < -0.3 is 19.6 Å². The Morgan fingerprint density at radius 3 is 2.79 bits per heavy atom. The molecule has 9 nitrogen and oxygen atoms in total. The number of anilines is 1. The fourth-order valence-corrected chi connectivity index (χ4v) is 3.40. The van der Waals surface area contributed by atoms with Crippen LogP contribution in [0.2, 0.25) is 0 Å². The van der Waals surface area contributed by atoms with E-state index in [1.165, 1.54) is 5.56 Å². The lowest BCUT2D eigenvalue weighted by molar-refractivity contribution is -0.120. The molecule has 0 bridgehead atoms. The van der Waals surface area contributed by atoms with Crippen LogP contribution in [0, 0.1) is 13.8 Å². The van der Waals surface area contributed by atoms with E-state index in [-0.39, 0.29) is 5.91 Å². The number of aliphatic imine (C=N–C) groups is 1. The molecule has 1 saturated heterocycles. The monoisotopic (exact) mass is 387 g/mol. The maximum absolute atomic E-state index is 12.6. The highest BCUT2D eigenvalue weighted by Gasteiger charge is 2.27. The fraction of sp³-hybridized carbons (Fsp3) is 0.579. The van der Waals surface area contributed by atoms with Crippen LogP contribution in [-0.4, -0.2) is 64.4 Å². The van der Waals surface area contributed by atoms with Crippen LogP contribution >= 0.6 is 0 Å². The van der Waals surface area contributed by atoms with Crippen LogP contribution in [0.25, 0.3) is 0 Å². The van der Waals surface area contributed by atoms with Crippen LogP contribution in [-0.2, 0) is 18.3 Å². The van der Waals surface area contributed by atoms with E-state index in [1.54, 1.807) is 15.8 Å². The van der Waals surface area contributed by atoms with E-state index in [0.717, 1.165) is 49.0 Å². The van der Waals surface area contributed by atoms with E-state index in [0.29, 0.717) is 19.6 Å². The second-order valence-corrected chi connectivity index (χ2v) is 6.98. The number of nitrogens with one attached hydrogen (secondary N) is 1. The molecule has 0 aliphatic carbocycles. The predicted octanol–water partition coefficient (Wildman–Crippen LogP) is 1.27. The van der Waals surface area contributed by atoms with Crippen molar-refractivity contribution < 1.29 is 9.32 Å². The highest BCUT2D eigenvalue weighted by molar-refractivity contribution is 5.98. The summed E-state index contributed by atoms with van der Waals surface area (Å²) >= 11 is 0. The van der Waals surface area contributed by atoms with Crippen molar-refractivity contribution in [2.75, 3.05) is 37.6 Å². The molecule has 1 aliphatic heterocycles. The summed E-state index contributed by atoms with van der Waals surface area (Å²) in [5.41, 5.74) is 2.96. The third-order valence-corrected chi connectivity index (χ3v) is 4.89. The largest absolute Gasteiger partial charge is 0.361 e. The molecular formula is C19H29N7O2. The minimum absolute atomic E-state index is 0.0561. The molecule has 152 valence electrons. The summed E-state index contributed by atoms with van der Waals surface area (Å²) in [7, 11) is 1.85. The number of rotatable bonds is 6. The average molecular weight is 387 g/mol. The molecule has 3 rings (SSSR count). The van der Waals surface area contributed by atoms with Crippen LogP contribution < -0.4 is 10.2 Å². The van der Waals surface area contributed by atoms with Crippen LogP contribution in [0.3, 0.4) is 0 Å². The molecule has 1 aliphatic rings. The number of carbonyl (C=O) groups excluding carboxylic acids is 1. The van der Waals surface area contributed by atoms with Gasteiger partial charge in [-0.15, -0.1) is 0 Å². The molecule has 1 fully saturated rings. The number of aryl methyl sites for hydroxylation is 3. The number of guanidine groups is 1. The highest BCUT2D eigenvalue weighted by atomic mass is 16.5. The lowest BCUT2D eigenvalue weighted by Gasteiger charge is -2.35. The van der Waals surface area contributed by atoms with Gasteiger partial charge >= 0.3 is 0 Å². The normalized spacial score (nSPS) is 15.4. The number of hydrogen-bond donors (Lipinski definition) is 1. The van der Waals surface area contributed by atoms with Crippen molar-refractivity contribution in [3.63, 3.8) is 0 Å². The summed E-state index contributed by atoms with van der Waals surface area (Å²) in [5.74, 6) is 1.73. The molecule has 1 N–H and O–H groups in total. The van der Waals surface area contributed by atoms with Crippen molar-refractivity contribution in [1.29, 1.82) is 0 Å². The molecule has 28 heavy (non-hydrogen) atoms. The third-order valence-electron chi connectivity index (χ3n) is 4.89. The quantitative estimate of drug-likeness (QED) is 0.456. The molecule has 0 atom stereocenters. The number of piperazine rings is 1. The van der Waals surface area contributed by atoms with E-state index in [1.807, 2.05) is 38.9 Å². The van der Waals surface area contributed by atoms with Gasteiger partial charge in [0.05, 0.1) is 17.6 Å². The van der Waals surface area contributed by atoms with Gasteiger partial charge in [-0.1, -0.05) is 5.16 Å². The van der Waals surface area contributed by atoms with Crippen molar-refractivity contribution in [1.82, 2.24) is 25.2 Å². The Morgan fingerprint density at radius 2 is 2.18 bits per heavy atom. The molecule has 1 amide bonds. The van der Waals surface area contributed by atoms with Crippen LogP contribution in [0.4, 0.5) is 5.69 Å². The van der Waals surface area contributed by atoms with Gasteiger partial charge in [-0.05, 0) is 33.6 Å². The van der Waals surface area contributed by atoms with E-state index in [9.17, 15) is 4.79 Å². The van der Waals surface area contributed by atoms with E-state index >= 15 is 0 Å². The first-order valence-corrected chi connectivity index (χ1v) is 9.73. The average Bonchev–Trinajstić information content (AvgIpc) is 3.23. The van der Waals surface area contributed by atoms with Crippen LogP contribution in [0.1, 0.15) is 30.4 Å². The second-order valence-electron chi connectivity index (χ2n) is 6.98. The van der Waals surface area contributed by atoms with Crippen LogP contribution in [0.15, 0.2) is 21.9 Å². The lowest BCUT2D eigenvalue weighted by Crippen LogP contribution is -2.55. The Hall–Kier alpha value is -2.84. The molecule has 0 radical (unpaired) electrons. The van der Waals surface area contributed by atoms with E-state index in [2.05, 4.69) is 15.6 Å². The Labute approximate surface area is 165 Å². The maximum atomic E-state index is 12.6. The standard InChI is InChI=1S/C19H29N7O2/c1-5-20-19(21-8-6-7-17-14(2)23-28-15(17)3)25-9-10-26(18(27)13-25)16-11-22-24(4)12-16/h11-12H,5-10,13H2,1-4H3,(H,20,21). The summed E-state index contributed by atoms with van der Waals surface area (Å²) in [5, 5.41) is 11.5. The first kappa shape index (κ1) is 19.9. The van der Waals surface area contributed by atoms with Crippen molar-refractivity contribution in [2.45, 2.75) is 33.6 Å². The molecule has 9 heteroatoms. The van der Waals surface area contributed by atoms with Gasteiger partial charge in [0, 0.05) is 45.0 Å². The zero-order chi connectivity index (χ0) is 20.1. The minimum atomic E-state index is 0.0561. The topological polar surface area (TPSA) is 91.8 Å². The van der Waals surface area contributed by atoms with Gasteiger partial charge in [-0.2, -0.15) is 5.10 Å². The second kappa shape index (κ2) is 8.90. The molecule has 0 aromatic carbocycles. The zero-order valence-electron chi connectivity index (χ0n) is 17.1.